The molecule has 0 unspecified atom stereocenters. The Morgan fingerprint density at radius 3 is 2.57 bits per heavy atom. The Hall–Kier alpha value is -0.770. The molecular formula is C19H30ClN3. The first kappa shape index (κ1) is 17.1. The number of anilines is 1. The van der Waals surface area contributed by atoms with Gasteiger partial charge in [-0.2, -0.15) is 0 Å². The zero-order valence-electron chi connectivity index (χ0n) is 14.1. The Morgan fingerprint density at radius 1 is 1.00 bits per heavy atom. The van der Waals surface area contributed by atoms with Gasteiger partial charge in [0.15, 0.2) is 0 Å². The molecule has 0 spiro atoms. The van der Waals surface area contributed by atoms with Gasteiger partial charge >= 0.3 is 0 Å². The summed E-state index contributed by atoms with van der Waals surface area (Å²) < 4.78 is 0. The van der Waals surface area contributed by atoms with Crippen LogP contribution in [0.5, 0.6) is 0 Å². The van der Waals surface area contributed by atoms with E-state index in [0.29, 0.717) is 0 Å². The van der Waals surface area contributed by atoms with Crippen LogP contribution in [-0.2, 0) is 13.0 Å². The maximum Gasteiger partial charge on any atom is 0.0419 e. The van der Waals surface area contributed by atoms with Gasteiger partial charge in [0.25, 0.3) is 0 Å². The molecule has 4 rings (SSSR count). The van der Waals surface area contributed by atoms with Crippen LogP contribution in [0.15, 0.2) is 18.2 Å². The molecule has 0 aromatic heterocycles. The summed E-state index contributed by atoms with van der Waals surface area (Å²) in [6.45, 7) is 7.48. The highest BCUT2D eigenvalue weighted by Gasteiger charge is 2.26. The number of piperidine rings is 2. The predicted octanol–water partition coefficient (Wildman–Crippen LogP) is 3.53. The summed E-state index contributed by atoms with van der Waals surface area (Å²) >= 11 is 0. The SMILES string of the molecule is Cl.c1cc2c(c(CN3CCC(N4CCCCC4)CC3)c1)NCC2. The molecule has 23 heavy (non-hydrogen) atoms. The summed E-state index contributed by atoms with van der Waals surface area (Å²) in [5.74, 6) is 0. The lowest BCUT2D eigenvalue weighted by Gasteiger charge is -2.40. The number of hydrogen-bond donors (Lipinski definition) is 1. The molecule has 2 fully saturated rings. The molecule has 128 valence electrons. The van der Waals surface area contributed by atoms with Crippen LogP contribution in [-0.4, -0.2) is 48.6 Å². The van der Waals surface area contributed by atoms with Crippen molar-refractivity contribution in [2.75, 3.05) is 38.0 Å². The number of hydrogen-bond acceptors (Lipinski definition) is 3. The molecule has 0 atom stereocenters. The fraction of sp³-hybridized carbons (Fsp3) is 0.684. The zero-order chi connectivity index (χ0) is 14.8. The number of halogens is 1. The molecule has 1 N–H and O–H groups in total. The van der Waals surface area contributed by atoms with E-state index in [1.165, 1.54) is 81.5 Å². The van der Waals surface area contributed by atoms with Crippen LogP contribution in [0.1, 0.15) is 43.2 Å². The van der Waals surface area contributed by atoms with Crippen molar-refractivity contribution in [2.45, 2.75) is 51.1 Å². The Labute approximate surface area is 146 Å². The van der Waals surface area contributed by atoms with Gasteiger partial charge in [-0.25, -0.2) is 0 Å². The van der Waals surface area contributed by atoms with Gasteiger partial charge in [-0.05, 0) is 69.4 Å². The molecule has 3 heterocycles. The average molecular weight is 336 g/mol. The molecule has 4 heteroatoms. The van der Waals surface area contributed by atoms with Crippen molar-refractivity contribution in [3.8, 4) is 0 Å². The van der Waals surface area contributed by atoms with Gasteiger partial charge < -0.3 is 10.2 Å². The first-order chi connectivity index (χ1) is 10.9. The quantitative estimate of drug-likeness (QED) is 0.911. The standard InChI is InChI=1S/C19H29N3.ClH/c1-2-11-22(12-3-1)18-8-13-21(14-9-18)15-17-6-4-5-16-7-10-20-19(16)17;/h4-6,18,20H,1-3,7-15H2;1H. The lowest BCUT2D eigenvalue weighted by molar-refractivity contribution is 0.0897. The van der Waals surface area contributed by atoms with E-state index in [0.717, 1.165) is 19.1 Å². The van der Waals surface area contributed by atoms with Gasteiger partial charge in [0, 0.05) is 24.8 Å². The van der Waals surface area contributed by atoms with Crippen LogP contribution in [0.4, 0.5) is 5.69 Å². The summed E-state index contributed by atoms with van der Waals surface area (Å²) in [7, 11) is 0. The Balaban J connectivity index is 0.00000156. The number of fused-ring (bicyclic) bond motifs is 1. The van der Waals surface area contributed by atoms with Gasteiger partial charge in [-0.3, -0.25) is 4.90 Å². The van der Waals surface area contributed by atoms with Gasteiger partial charge in [0.2, 0.25) is 0 Å². The van der Waals surface area contributed by atoms with E-state index in [1.807, 2.05) is 0 Å². The van der Waals surface area contributed by atoms with E-state index in [9.17, 15) is 0 Å². The summed E-state index contributed by atoms with van der Waals surface area (Å²) in [6.07, 6.45) is 8.21. The van der Waals surface area contributed by atoms with Crippen molar-refractivity contribution in [2.24, 2.45) is 0 Å². The number of benzene rings is 1. The highest BCUT2D eigenvalue weighted by molar-refractivity contribution is 5.85. The highest BCUT2D eigenvalue weighted by Crippen LogP contribution is 2.29. The van der Waals surface area contributed by atoms with Crippen molar-refractivity contribution in [1.29, 1.82) is 0 Å². The molecule has 3 aliphatic heterocycles. The summed E-state index contributed by atoms with van der Waals surface area (Å²) in [6, 6.07) is 7.69. The number of nitrogens with one attached hydrogen (secondary N) is 1. The average Bonchev–Trinajstić information content (AvgIpc) is 3.06. The summed E-state index contributed by atoms with van der Waals surface area (Å²) in [4.78, 5) is 5.43. The van der Waals surface area contributed by atoms with E-state index in [-0.39, 0.29) is 12.4 Å². The minimum atomic E-state index is 0. The number of nitrogens with zero attached hydrogens (tertiary/aromatic N) is 2. The van der Waals surface area contributed by atoms with Crippen LogP contribution in [0.3, 0.4) is 0 Å². The molecule has 2 saturated heterocycles. The highest BCUT2D eigenvalue weighted by atomic mass is 35.5. The molecule has 0 radical (unpaired) electrons. The van der Waals surface area contributed by atoms with Crippen LogP contribution in [0, 0.1) is 0 Å². The molecule has 1 aromatic rings. The first-order valence-electron chi connectivity index (χ1n) is 9.21. The van der Waals surface area contributed by atoms with E-state index in [2.05, 4.69) is 33.3 Å². The first-order valence-corrected chi connectivity index (χ1v) is 9.21. The smallest absolute Gasteiger partial charge is 0.0419 e. The van der Waals surface area contributed by atoms with Crippen LogP contribution in [0.25, 0.3) is 0 Å². The van der Waals surface area contributed by atoms with E-state index < -0.39 is 0 Å². The number of rotatable bonds is 3. The third-order valence-corrected chi connectivity index (χ3v) is 5.79. The lowest BCUT2D eigenvalue weighted by atomic mass is 9.99. The number of para-hydroxylation sites is 1. The number of likely N-dealkylation sites (tertiary alicyclic amines) is 2. The fourth-order valence-corrected chi connectivity index (χ4v) is 4.51. The second kappa shape index (κ2) is 7.87. The van der Waals surface area contributed by atoms with Crippen molar-refractivity contribution in [3.63, 3.8) is 0 Å². The predicted molar refractivity (Wildman–Crippen MR) is 99.6 cm³/mol. The minimum Gasteiger partial charge on any atom is -0.384 e. The lowest BCUT2D eigenvalue weighted by Crippen LogP contribution is -2.46. The second-order valence-corrected chi connectivity index (χ2v) is 7.23. The molecule has 3 aliphatic rings. The topological polar surface area (TPSA) is 18.5 Å². The maximum atomic E-state index is 3.58. The maximum absolute atomic E-state index is 3.58. The van der Waals surface area contributed by atoms with E-state index in [4.69, 9.17) is 0 Å². The van der Waals surface area contributed by atoms with Crippen LogP contribution in [0.2, 0.25) is 0 Å². The third-order valence-electron chi connectivity index (χ3n) is 5.79. The Kier molecular flexibility index (Phi) is 5.84. The zero-order valence-corrected chi connectivity index (χ0v) is 14.9. The Morgan fingerprint density at radius 2 is 1.78 bits per heavy atom. The van der Waals surface area contributed by atoms with Gasteiger partial charge in [-0.15, -0.1) is 12.4 Å². The minimum absolute atomic E-state index is 0. The van der Waals surface area contributed by atoms with E-state index >= 15 is 0 Å². The molecule has 0 saturated carbocycles. The van der Waals surface area contributed by atoms with Crippen molar-refractivity contribution in [3.05, 3.63) is 29.3 Å². The summed E-state index contributed by atoms with van der Waals surface area (Å²) in [5.41, 5.74) is 4.45. The molecule has 3 nitrogen and oxygen atoms in total. The van der Waals surface area contributed by atoms with Crippen molar-refractivity contribution in [1.82, 2.24) is 9.80 Å². The molecular weight excluding hydrogens is 306 g/mol. The van der Waals surface area contributed by atoms with Gasteiger partial charge in [-0.1, -0.05) is 24.6 Å². The summed E-state index contributed by atoms with van der Waals surface area (Å²) in [5, 5.41) is 3.58. The molecule has 1 aromatic carbocycles. The normalized spacial score (nSPS) is 23.1. The molecule has 0 bridgehead atoms. The van der Waals surface area contributed by atoms with Gasteiger partial charge in [0.1, 0.15) is 0 Å². The third kappa shape index (κ3) is 3.84. The monoisotopic (exact) mass is 335 g/mol. The van der Waals surface area contributed by atoms with Crippen molar-refractivity contribution < 1.29 is 0 Å². The molecule has 0 amide bonds. The largest absolute Gasteiger partial charge is 0.384 e. The van der Waals surface area contributed by atoms with Crippen LogP contribution < -0.4 is 5.32 Å². The molecule has 0 aliphatic carbocycles. The Bertz CT molecular complexity index is 505. The van der Waals surface area contributed by atoms with Gasteiger partial charge in [0.05, 0.1) is 0 Å². The van der Waals surface area contributed by atoms with Crippen molar-refractivity contribution >= 4 is 18.1 Å². The second-order valence-electron chi connectivity index (χ2n) is 7.23. The fourth-order valence-electron chi connectivity index (χ4n) is 4.51. The van der Waals surface area contributed by atoms with Crippen LogP contribution >= 0.6 is 12.4 Å². The van der Waals surface area contributed by atoms with E-state index in [1.54, 1.807) is 0 Å².